The van der Waals surface area contributed by atoms with Crippen LogP contribution in [0, 0.1) is 5.92 Å². The molecule has 0 aliphatic carbocycles. The van der Waals surface area contributed by atoms with E-state index in [1.54, 1.807) is 6.07 Å². The number of halogens is 2. The Balaban J connectivity index is 1.36. The Labute approximate surface area is 165 Å². The van der Waals surface area contributed by atoms with Gasteiger partial charge in [0.1, 0.15) is 0 Å². The monoisotopic (exact) mass is 387 g/mol. The van der Waals surface area contributed by atoms with Crippen LogP contribution in [0.1, 0.15) is 30.4 Å². The van der Waals surface area contributed by atoms with Crippen molar-refractivity contribution in [2.75, 3.05) is 18.4 Å². The number of hydrogen-bond acceptors (Lipinski definition) is 3. The molecule has 2 aromatic carbocycles. The number of guanidine groups is 1. The van der Waals surface area contributed by atoms with E-state index in [1.807, 2.05) is 12.1 Å². The molecule has 0 unspecified atom stereocenters. The largest absolute Gasteiger partial charge is 0.342 e. The van der Waals surface area contributed by atoms with Crippen LogP contribution in [0.25, 0.3) is 0 Å². The molecule has 1 fully saturated rings. The minimum atomic E-state index is 0.670. The van der Waals surface area contributed by atoms with E-state index in [0.29, 0.717) is 5.92 Å². The lowest BCUT2D eigenvalue weighted by Crippen LogP contribution is -2.44. The van der Waals surface area contributed by atoms with Gasteiger partial charge in [-0.05, 0) is 67.0 Å². The molecule has 0 saturated carbocycles. The van der Waals surface area contributed by atoms with E-state index in [4.69, 9.17) is 28.2 Å². The Hall–Kier alpha value is -1.71. The molecule has 5 heteroatoms. The van der Waals surface area contributed by atoms with Crippen LogP contribution in [0.3, 0.4) is 0 Å². The number of rotatable bonds is 3. The third kappa shape index (κ3) is 4.16. The number of hydrogen-bond donors (Lipinski definition) is 1. The Morgan fingerprint density at radius 3 is 2.77 bits per heavy atom. The molecule has 0 spiro atoms. The molecule has 2 heterocycles. The average Bonchev–Trinajstić information content (AvgIpc) is 2.65. The van der Waals surface area contributed by atoms with Crippen molar-refractivity contribution in [3.8, 4) is 0 Å². The first-order valence-corrected chi connectivity index (χ1v) is 10.0. The summed E-state index contributed by atoms with van der Waals surface area (Å²) in [6.07, 6.45) is 4.65. The second-order valence-corrected chi connectivity index (χ2v) is 8.07. The Kier molecular flexibility index (Phi) is 5.37. The SMILES string of the molecule is Clc1cc(Cl)cc(CC[C@H]2CCCN(C3=NCc4ccccc4N3)C2)c1. The van der Waals surface area contributed by atoms with Crippen molar-refractivity contribution in [1.82, 2.24) is 4.90 Å². The molecule has 0 aromatic heterocycles. The van der Waals surface area contributed by atoms with Crippen molar-refractivity contribution >= 4 is 34.8 Å². The second kappa shape index (κ2) is 7.89. The van der Waals surface area contributed by atoms with E-state index < -0.39 is 0 Å². The lowest BCUT2D eigenvalue weighted by atomic mass is 9.91. The van der Waals surface area contributed by atoms with E-state index in [0.717, 1.165) is 48.5 Å². The predicted octanol–water partition coefficient (Wildman–Crippen LogP) is 5.62. The van der Waals surface area contributed by atoms with Gasteiger partial charge in [-0.15, -0.1) is 0 Å². The van der Waals surface area contributed by atoms with Crippen molar-refractivity contribution in [3.63, 3.8) is 0 Å². The van der Waals surface area contributed by atoms with Crippen molar-refractivity contribution in [2.45, 2.75) is 32.2 Å². The topological polar surface area (TPSA) is 27.6 Å². The van der Waals surface area contributed by atoms with Gasteiger partial charge in [0, 0.05) is 28.8 Å². The zero-order valence-electron chi connectivity index (χ0n) is 14.7. The summed E-state index contributed by atoms with van der Waals surface area (Å²) < 4.78 is 0. The maximum Gasteiger partial charge on any atom is 0.198 e. The van der Waals surface area contributed by atoms with Gasteiger partial charge >= 0.3 is 0 Å². The quantitative estimate of drug-likeness (QED) is 0.739. The van der Waals surface area contributed by atoms with Crippen LogP contribution in [0.2, 0.25) is 10.0 Å². The summed E-state index contributed by atoms with van der Waals surface area (Å²) in [5.74, 6) is 1.70. The second-order valence-electron chi connectivity index (χ2n) is 7.19. The van der Waals surface area contributed by atoms with E-state index >= 15 is 0 Å². The molecule has 26 heavy (non-hydrogen) atoms. The standard InChI is InChI=1S/C21H23Cl2N3/c22-18-10-16(11-19(23)12-18)8-7-15-4-3-9-26(14-15)21-24-13-17-5-1-2-6-20(17)25-21/h1-2,5-6,10-12,15H,3-4,7-9,13-14H2,(H,24,25)/t15-/m1/s1. The number of aryl methyl sites for hydroxylation is 1. The maximum atomic E-state index is 6.12. The van der Waals surface area contributed by atoms with Crippen molar-refractivity contribution in [2.24, 2.45) is 10.9 Å². The first-order chi connectivity index (χ1) is 12.7. The fraction of sp³-hybridized carbons (Fsp3) is 0.381. The zero-order valence-corrected chi connectivity index (χ0v) is 16.2. The van der Waals surface area contributed by atoms with Crippen LogP contribution in [-0.2, 0) is 13.0 Å². The Morgan fingerprint density at radius 1 is 1.12 bits per heavy atom. The first kappa shape index (κ1) is 17.7. The number of aliphatic imine (C=N–C) groups is 1. The Morgan fingerprint density at radius 2 is 1.92 bits per heavy atom. The molecule has 0 amide bonds. The molecular formula is C21H23Cl2N3. The molecule has 0 radical (unpaired) electrons. The van der Waals surface area contributed by atoms with Gasteiger partial charge in [-0.3, -0.25) is 0 Å². The Bertz CT molecular complexity index is 798. The number of nitrogens with one attached hydrogen (secondary N) is 1. The van der Waals surface area contributed by atoms with Gasteiger partial charge in [-0.2, -0.15) is 0 Å². The first-order valence-electron chi connectivity index (χ1n) is 9.27. The van der Waals surface area contributed by atoms with Gasteiger partial charge < -0.3 is 10.2 Å². The molecular weight excluding hydrogens is 365 g/mol. The molecule has 3 nitrogen and oxygen atoms in total. The summed E-state index contributed by atoms with van der Waals surface area (Å²) in [6, 6.07) is 14.3. The highest BCUT2D eigenvalue weighted by molar-refractivity contribution is 6.34. The molecule has 136 valence electrons. The molecule has 2 aliphatic heterocycles. The van der Waals surface area contributed by atoms with Gasteiger partial charge in [-0.1, -0.05) is 41.4 Å². The number of anilines is 1. The van der Waals surface area contributed by atoms with Gasteiger partial charge in [0.25, 0.3) is 0 Å². The van der Waals surface area contributed by atoms with Crippen LogP contribution in [0.15, 0.2) is 47.5 Å². The van der Waals surface area contributed by atoms with E-state index in [2.05, 4.69) is 34.5 Å². The van der Waals surface area contributed by atoms with Crippen LogP contribution >= 0.6 is 23.2 Å². The highest BCUT2D eigenvalue weighted by Gasteiger charge is 2.24. The van der Waals surface area contributed by atoms with Gasteiger partial charge in [-0.25, -0.2) is 4.99 Å². The number of nitrogens with zero attached hydrogens (tertiary/aromatic N) is 2. The summed E-state index contributed by atoms with van der Waals surface area (Å²) in [6.45, 7) is 2.90. The fourth-order valence-corrected chi connectivity index (χ4v) is 4.47. The molecule has 0 bridgehead atoms. The number of fused-ring (bicyclic) bond motifs is 1. The molecule has 4 rings (SSSR count). The van der Waals surface area contributed by atoms with Gasteiger partial charge in [0.2, 0.25) is 0 Å². The smallest absolute Gasteiger partial charge is 0.198 e. The fourth-order valence-electron chi connectivity index (χ4n) is 3.90. The molecule has 1 saturated heterocycles. The van der Waals surface area contributed by atoms with Crippen LogP contribution in [0.4, 0.5) is 5.69 Å². The minimum absolute atomic E-state index is 0.670. The summed E-state index contributed by atoms with van der Waals surface area (Å²) in [7, 11) is 0. The summed E-state index contributed by atoms with van der Waals surface area (Å²) >= 11 is 12.2. The molecule has 2 aliphatic rings. The third-order valence-electron chi connectivity index (χ3n) is 5.25. The van der Waals surface area contributed by atoms with Crippen LogP contribution in [-0.4, -0.2) is 23.9 Å². The van der Waals surface area contributed by atoms with Crippen LogP contribution < -0.4 is 5.32 Å². The van der Waals surface area contributed by atoms with Crippen molar-refractivity contribution in [3.05, 3.63) is 63.6 Å². The highest BCUT2D eigenvalue weighted by atomic mass is 35.5. The zero-order chi connectivity index (χ0) is 17.9. The molecule has 1 atom stereocenters. The van der Waals surface area contributed by atoms with E-state index in [9.17, 15) is 0 Å². The van der Waals surface area contributed by atoms with Crippen molar-refractivity contribution < 1.29 is 0 Å². The average molecular weight is 388 g/mol. The van der Waals surface area contributed by atoms with E-state index in [1.165, 1.54) is 29.7 Å². The normalized spacial score (nSPS) is 19.5. The van der Waals surface area contributed by atoms with Crippen LogP contribution in [0.5, 0.6) is 0 Å². The third-order valence-corrected chi connectivity index (χ3v) is 5.68. The lowest BCUT2D eigenvalue weighted by Gasteiger charge is -2.36. The number of para-hydroxylation sites is 1. The summed E-state index contributed by atoms with van der Waals surface area (Å²) in [5.41, 5.74) is 3.68. The highest BCUT2D eigenvalue weighted by Crippen LogP contribution is 2.27. The maximum absolute atomic E-state index is 6.12. The molecule has 1 N–H and O–H groups in total. The van der Waals surface area contributed by atoms with Crippen molar-refractivity contribution in [1.29, 1.82) is 0 Å². The minimum Gasteiger partial charge on any atom is -0.342 e. The number of piperidine rings is 1. The lowest BCUT2D eigenvalue weighted by molar-refractivity contribution is 0.246. The summed E-state index contributed by atoms with van der Waals surface area (Å²) in [4.78, 5) is 7.18. The van der Waals surface area contributed by atoms with E-state index in [-0.39, 0.29) is 0 Å². The van der Waals surface area contributed by atoms with Gasteiger partial charge in [0.15, 0.2) is 5.96 Å². The predicted molar refractivity (Wildman–Crippen MR) is 110 cm³/mol. The molecule has 2 aromatic rings. The number of benzene rings is 2. The van der Waals surface area contributed by atoms with Gasteiger partial charge in [0.05, 0.1) is 6.54 Å². The summed E-state index contributed by atoms with van der Waals surface area (Å²) in [5, 5.41) is 4.96. The number of likely N-dealkylation sites (tertiary alicyclic amines) is 1.